The number of benzene rings is 9. The average molecular weight is 635 g/mol. The highest BCUT2D eigenvalue weighted by atomic mass is 15.0. The van der Waals surface area contributed by atoms with E-state index in [0.717, 1.165) is 5.69 Å². The molecule has 2 nitrogen and oxygen atoms in total. The van der Waals surface area contributed by atoms with Crippen LogP contribution in [-0.2, 0) is 0 Å². The number of hydrogen-bond acceptors (Lipinski definition) is 0. The largest absolute Gasteiger partial charge is 0.309 e. The van der Waals surface area contributed by atoms with Gasteiger partial charge in [-0.05, 0) is 86.6 Å². The third-order valence-corrected chi connectivity index (χ3v) is 10.7. The second kappa shape index (κ2) is 10.4. The van der Waals surface area contributed by atoms with Gasteiger partial charge in [0.25, 0.3) is 0 Å². The maximum atomic E-state index is 2.52. The molecule has 0 aliphatic heterocycles. The maximum absolute atomic E-state index is 2.52. The Labute approximate surface area is 288 Å². The maximum Gasteiger partial charge on any atom is 0.0562 e. The third kappa shape index (κ3) is 3.79. The summed E-state index contributed by atoms with van der Waals surface area (Å²) in [5.74, 6) is 0. The summed E-state index contributed by atoms with van der Waals surface area (Å²) in [5.41, 5.74) is 9.61. The van der Waals surface area contributed by atoms with E-state index in [1.54, 1.807) is 0 Å². The van der Waals surface area contributed by atoms with Crippen molar-refractivity contribution in [1.29, 1.82) is 0 Å². The van der Waals surface area contributed by atoms with Crippen LogP contribution in [0.3, 0.4) is 0 Å². The second-order valence-corrected chi connectivity index (χ2v) is 13.3. The lowest BCUT2D eigenvalue weighted by atomic mass is 9.93. The molecule has 0 amide bonds. The third-order valence-electron chi connectivity index (χ3n) is 10.7. The molecule has 0 fully saturated rings. The molecule has 0 saturated carbocycles. The number of aromatic nitrogens is 2. The molecule has 0 aliphatic carbocycles. The second-order valence-electron chi connectivity index (χ2n) is 13.3. The molecule has 232 valence electrons. The SMILES string of the molecule is c1ccc(-c2ccc3c(c2)c2cc4c5ccccc5n(-c5ccccc5)c4cc2n3-c2cccc3c4ccccc4c4ccccc4c23)cc1. The van der Waals surface area contributed by atoms with Gasteiger partial charge < -0.3 is 9.13 Å². The molecule has 11 aromatic rings. The summed E-state index contributed by atoms with van der Waals surface area (Å²) in [7, 11) is 0. The molecular weight excluding hydrogens is 605 g/mol. The number of fused-ring (bicyclic) bond motifs is 12. The summed E-state index contributed by atoms with van der Waals surface area (Å²) in [4.78, 5) is 0. The van der Waals surface area contributed by atoms with Gasteiger partial charge in [-0.2, -0.15) is 0 Å². The molecule has 0 bridgehead atoms. The first kappa shape index (κ1) is 27.3. The van der Waals surface area contributed by atoms with Crippen LogP contribution < -0.4 is 0 Å². The van der Waals surface area contributed by atoms with Crippen molar-refractivity contribution in [3.63, 3.8) is 0 Å². The van der Waals surface area contributed by atoms with Gasteiger partial charge in [-0.3, -0.25) is 0 Å². The monoisotopic (exact) mass is 634 g/mol. The first-order valence-electron chi connectivity index (χ1n) is 17.3. The summed E-state index contributed by atoms with van der Waals surface area (Å²) in [6.07, 6.45) is 0. The van der Waals surface area contributed by atoms with E-state index in [-0.39, 0.29) is 0 Å². The van der Waals surface area contributed by atoms with Gasteiger partial charge in [0.1, 0.15) is 0 Å². The van der Waals surface area contributed by atoms with Crippen LogP contribution in [0.4, 0.5) is 0 Å². The van der Waals surface area contributed by atoms with Crippen LogP contribution in [0.1, 0.15) is 0 Å². The van der Waals surface area contributed by atoms with Crippen molar-refractivity contribution in [1.82, 2.24) is 9.13 Å². The Morgan fingerprint density at radius 3 is 1.52 bits per heavy atom. The van der Waals surface area contributed by atoms with Gasteiger partial charge in [0.05, 0.1) is 27.8 Å². The van der Waals surface area contributed by atoms with E-state index in [2.05, 4.69) is 191 Å². The lowest BCUT2D eigenvalue weighted by Gasteiger charge is -2.16. The Morgan fingerprint density at radius 2 is 0.780 bits per heavy atom. The molecule has 0 atom stereocenters. The van der Waals surface area contributed by atoms with E-state index in [1.165, 1.54) is 92.7 Å². The van der Waals surface area contributed by atoms with Crippen molar-refractivity contribution in [2.24, 2.45) is 0 Å². The van der Waals surface area contributed by atoms with Gasteiger partial charge in [-0.15, -0.1) is 0 Å². The molecule has 0 N–H and O–H groups in total. The normalized spacial score (nSPS) is 12.0. The summed E-state index contributed by atoms with van der Waals surface area (Å²) in [6.45, 7) is 0. The van der Waals surface area contributed by atoms with Gasteiger partial charge in [-0.25, -0.2) is 0 Å². The van der Waals surface area contributed by atoms with Gasteiger partial charge in [0.15, 0.2) is 0 Å². The average Bonchev–Trinajstić information content (AvgIpc) is 3.69. The Bertz CT molecular complexity index is 3080. The minimum Gasteiger partial charge on any atom is -0.309 e. The molecule has 0 unspecified atom stereocenters. The Balaban J connectivity index is 1.35. The zero-order chi connectivity index (χ0) is 32.8. The van der Waals surface area contributed by atoms with Crippen LogP contribution in [0, 0.1) is 0 Å². The predicted molar refractivity (Wildman–Crippen MR) is 213 cm³/mol. The van der Waals surface area contributed by atoms with E-state index in [4.69, 9.17) is 0 Å². The van der Waals surface area contributed by atoms with E-state index >= 15 is 0 Å². The van der Waals surface area contributed by atoms with Gasteiger partial charge in [-0.1, -0.05) is 133 Å². The molecule has 0 saturated heterocycles. The van der Waals surface area contributed by atoms with E-state index in [9.17, 15) is 0 Å². The minimum absolute atomic E-state index is 1.16. The number of rotatable bonds is 3. The number of para-hydroxylation sites is 2. The summed E-state index contributed by atoms with van der Waals surface area (Å²) in [5, 5.41) is 12.7. The van der Waals surface area contributed by atoms with Crippen LogP contribution in [0.5, 0.6) is 0 Å². The fourth-order valence-electron chi connectivity index (χ4n) is 8.53. The number of nitrogens with zero attached hydrogens (tertiary/aromatic N) is 2. The molecule has 2 aromatic heterocycles. The van der Waals surface area contributed by atoms with Gasteiger partial charge in [0.2, 0.25) is 0 Å². The van der Waals surface area contributed by atoms with Crippen LogP contribution in [0.15, 0.2) is 182 Å². The standard InChI is InChI=1S/C48H30N2/c1-3-14-31(15-4-1)32-26-27-44-40(28-32)42-29-41-37-21-11-12-24-43(37)49(33-16-5-2-6-17-33)46(41)30-47(42)50(44)45-25-13-23-39-36-19-8-7-18-34(36)35-20-9-10-22-38(35)48(39)45/h1-30H. The topological polar surface area (TPSA) is 9.86 Å². The highest BCUT2D eigenvalue weighted by molar-refractivity contribution is 6.28. The number of hydrogen-bond donors (Lipinski definition) is 0. The lowest BCUT2D eigenvalue weighted by molar-refractivity contribution is 1.17. The fourth-order valence-corrected chi connectivity index (χ4v) is 8.53. The van der Waals surface area contributed by atoms with Crippen LogP contribution in [-0.4, -0.2) is 9.13 Å². The van der Waals surface area contributed by atoms with Gasteiger partial charge >= 0.3 is 0 Å². The molecule has 0 aliphatic rings. The summed E-state index contributed by atoms with van der Waals surface area (Å²) < 4.78 is 4.95. The van der Waals surface area contributed by atoms with Gasteiger partial charge in [0, 0.05) is 32.6 Å². The predicted octanol–water partition coefficient (Wildman–Crippen LogP) is 13.0. The zero-order valence-corrected chi connectivity index (χ0v) is 27.2. The molecule has 50 heavy (non-hydrogen) atoms. The fraction of sp³-hybridized carbons (Fsp3) is 0. The molecule has 0 spiro atoms. The molecule has 2 heteroatoms. The van der Waals surface area contributed by atoms with Crippen molar-refractivity contribution in [2.45, 2.75) is 0 Å². The lowest BCUT2D eigenvalue weighted by Crippen LogP contribution is -1.97. The minimum atomic E-state index is 1.16. The van der Waals surface area contributed by atoms with Crippen LogP contribution in [0.2, 0.25) is 0 Å². The Hall–Kier alpha value is -6.64. The van der Waals surface area contributed by atoms with E-state index in [0.29, 0.717) is 0 Å². The molecule has 0 radical (unpaired) electrons. The highest BCUT2D eigenvalue weighted by Crippen LogP contribution is 2.44. The van der Waals surface area contributed by atoms with Crippen LogP contribution >= 0.6 is 0 Å². The highest BCUT2D eigenvalue weighted by Gasteiger charge is 2.21. The molecular formula is C48H30N2. The smallest absolute Gasteiger partial charge is 0.0562 e. The van der Waals surface area contributed by atoms with E-state index in [1.807, 2.05) is 0 Å². The quantitative estimate of drug-likeness (QED) is 0.171. The van der Waals surface area contributed by atoms with Crippen molar-refractivity contribution in [3.8, 4) is 22.5 Å². The van der Waals surface area contributed by atoms with Crippen molar-refractivity contribution >= 4 is 75.9 Å². The van der Waals surface area contributed by atoms with Crippen LogP contribution in [0.25, 0.3) is 98.4 Å². The molecule has 11 rings (SSSR count). The first-order valence-corrected chi connectivity index (χ1v) is 17.3. The zero-order valence-electron chi connectivity index (χ0n) is 27.2. The summed E-state index contributed by atoms with van der Waals surface area (Å²) in [6, 6.07) is 66.8. The Morgan fingerprint density at radius 1 is 0.260 bits per heavy atom. The Kier molecular flexibility index (Phi) is 5.70. The summed E-state index contributed by atoms with van der Waals surface area (Å²) >= 11 is 0. The first-order chi connectivity index (χ1) is 24.8. The molecule has 2 heterocycles. The van der Waals surface area contributed by atoms with E-state index < -0.39 is 0 Å². The molecule has 9 aromatic carbocycles. The van der Waals surface area contributed by atoms with Crippen molar-refractivity contribution in [2.75, 3.05) is 0 Å². The van der Waals surface area contributed by atoms with Crippen molar-refractivity contribution in [3.05, 3.63) is 182 Å². The van der Waals surface area contributed by atoms with Crippen molar-refractivity contribution < 1.29 is 0 Å².